The Labute approximate surface area is 155 Å². The summed E-state index contributed by atoms with van der Waals surface area (Å²) in [5.41, 5.74) is 6.33. The van der Waals surface area contributed by atoms with Gasteiger partial charge in [0.05, 0.1) is 16.7 Å². The van der Waals surface area contributed by atoms with Gasteiger partial charge in [0.15, 0.2) is 0 Å². The Bertz CT molecular complexity index is 1010. The molecule has 3 aromatic rings. The van der Waals surface area contributed by atoms with Gasteiger partial charge in [0, 0.05) is 31.1 Å². The molecule has 0 aliphatic carbocycles. The zero-order chi connectivity index (χ0) is 19.2. The van der Waals surface area contributed by atoms with E-state index in [1.165, 1.54) is 0 Å². The second kappa shape index (κ2) is 6.13. The molecule has 1 aliphatic heterocycles. The fourth-order valence-corrected chi connectivity index (χ4v) is 3.66. The van der Waals surface area contributed by atoms with E-state index >= 15 is 0 Å². The van der Waals surface area contributed by atoms with Crippen LogP contribution in [0.5, 0.6) is 0 Å². The molecule has 1 fully saturated rings. The highest BCUT2D eigenvalue weighted by Gasteiger charge is 2.52. The van der Waals surface area contributed by atoms with Crippen molar-refractivity contribution in [1.29, 1.82) is 0 Å². The number of halogens is 2. The van der Waals surface area contributed by atoms with Crippen molar-refractivity contribution in [1.82, 2.24) is 15.1 Å². The monoisotopic (exact) mass is 370 g/mol. The molecule has 1 amide bonds. The predicted octanol–water partition coefficient (Wildman–Crippen LogP) is 3.01. The van der Waals surface area contributed by atoms with Gasteiger partial charge in [-0.1, -0.05) is 24.3 Å². The minimum atomic E-state index is -2.77. The van der Waals surface area contributed by atoms with Crippen LogP contribution in [0.15, 0.2) is 48.7 Å². The van der Waals surface area contributed by atoms with Gasteiger partial charge in [0.25, 0.3) is 11.8 Å². The van der Waals surface area contributed by atoms with Crippen LogP contribution in [0, 0.1) is 0 Å². The van der Waals surface area contributed by atoms with Crippen LogP contribution in [0.3, 0.4) is 0 Å². The number of primary amides is 1. The summed E-state index contributed by atoms with van der Waals surface area (Å²) >= 11 is 0. The van der Waals surface area contributed by atoms with Gasteiger partial charge < -0.3 is 11.1 Å². The highest BCUT2D eigenvalue weighted by molar-refractivity contribution is 6.04. The lowest BCUT2D eigenvalue weighted by Crippen LogP contribution is -2.55. The normalized spacial score (nSPS) is 22.0. The zero-order valence-corrected chi connectivity index (χ0v) is 14.9. The molecule has 3 N–H and O–H groups in total. The van der Waals surface area contributed by atoms with Crippen LogP contribution in [0.1, 0.15) is 29.3 Å². The summed E-state index contributed by atoms with van der Waals surface area (Å²) in [6.07, 6.45) is 1.61. The molecule has 7 heteroatoms. The number of hydrogen-bond donors (Lipinski definition) is 2. The summed E-state index contributed by atoms with van der Waals surface area (Å²) in [5, 5.41) is 8.30. The number of amides is 1. The summed E-state index contributed by atoms with van der Waals surface area (Å²) in [4.78, 5) is 11.6. The van der Waals surface area contributed by atoms with Crippen molar-refractivity contribution in [3.8, 4) is 5.69 Å². The number of aromatic nitrogens is 2. The van der Waals surface area contributed by atoms with Crippen LogP contribution in [-0.2, 0) is 5.41 Å². The van der Waals surface area contributed by atoms with E-state index < -0.39 is 17.2 Å². The number of nitrogens with zero attached hydrogens (tertiary/aromatic N) is 2. The Morgan fingerprint density at radius 3 is 2.63 bits per heavy atom. The van der Waals surface area contributed by atoms with Gasteiger partial charge in [0.1, 0.15) is 5.52 Å². The highest BCUT2D eigenvalue weighted by Crippen LogP contribution is 2.43. The fourth-order valence-electron chi connectivity index (χ4n) is 3.66. The molecule has 0 saturated carbocycles. The van der Waals surface area contributed by atoms with Crippen LogP contribution >= 0.6 is 0 Å². The van der Waals surface area contributed by atoms with Crippen molar-refractivity contribution < 1.29 is 13.6 Å². The lowest BCUT2D eigenvalue weighted by atomic mass is 9.73. The molecule has 4 rings (SSSR count). The van der Waals surface area contributed by atoms with Crippen molar-refractivity contribution in [2.45, 2.75) is 24.7 Å². The molecule has 1 saturated heterocycles. The largest absolute Gasteiger partial charge is 0.366 e. The quantitative estimate of drug-likeness (QED) is 0.744. The molecule has 1 unspecified atom stereocenters. The SMILES string of the molecule is CC1(c2ccc(-n3cc4cccc(C(N)=O)c4n3)cc2)CNCCC1(F)F. The van der Waals surface area contributed by atoms with E-state index in [2.05, 4.69) is 10.4 Å². The van der Waals surface area contributed by atoms with Crippen molar-refractivity contribution in [2.75, 3.05) is 13.1 Å². The topological polar surface area (TPSA) is 72.9 Å². The summed E-state index contributed by atoms with van der Waals surface area (Å²) in [7, 11) is 0. The number of piperidine rings is 1. The van der Waals surface area contributed by atoms with E-state index in [4.69, 9.17) is 5.73 Å². The van der Waals surface area contributed by atoms with Crippen molar-refractivity contribution in [3.05, 3.63) is 59.8 Å². The Morgan fingerprint density at radius 2 is 1.96 bits per heavy atom. The number of carbonyl (C=O) groups excluding carboxylic acids is 1. The first-order valence-corrected chi connectivity index (χ1v) is 8.79. The number of hydrogen-bond acceptors (Lipinski definition) is 3. The minimum Gasteiger partial charge on any atom is -0.366 e. The van der Waals surface area contributed by atoms with Gasteiger partial charge in [-0.05, 0) is 30.7 Å². The van der Waals surface area contributed by atoms with E-state index in [0.717, 1.165) is 11.1 Å². The molecule has 5 nitrogen and oxygen atoms in total. The van der Waals surface area contributed by atoms with E-state index in [-0.39, 0.29) is 13.0 Å². The number of fused-ring (bicyclic) bond motifs is 1. The van der Waals surface area contributed by atoms with E-state index in [1.807, 2.05) is 6.07 Å². The maximum absolute atomic E-state index is 14.5. The Hall–Kier alpha value is -2.80. The van der Waals surface area contributed by atoms with Crippen LogP contribution < -0.4 is 11.1 Å². The molecular formula is C20H20F2N4O. The molecule has 2 aromatic carbocycles. The summed E-state index contributed by atoms with van der Waals surface area (Å²) in [6, 6.07) is 12.2. The zero-order valence-electron chi connectivity index (χ0n) is 14.9. The van der Waals surface area contributed by atoms with Crippen LogP contribution in [0.2, 0.25) is 0 Å². The van der Waals surface area contributed by atoms with Gasteiger partial charge in [-0.25, -0.2) is 13.5 Å². The molecule has 27 heavy (non-hydrogen) atoms. The maximum atomic E-state index is 14.5. The number of alkyl halides is 2. The number of nitrogens with one attached hydrogen (secondary N) is 1. The molecule has 1 atom stereocenters. The molecule has 0 spiro atoms. The van der Waals surface area contributed by atoms with E-state index in [9.17, 15) is 13.6 Å². The average molecular weight is 370 g/mol. The minimum absolute atomic E-state index is 0.175. The Balaban J connectivity index is 1.72. The van der Waals surface area contributed by atoms with E-state index in [0.29, 0.717) is 23.2 Å². The summed E-state index contributed by atoms with van der Waals surface area (Å²) in [6.45, 7) is 2.14. The van der Waals surface area contributed by atoms with Gasteiger partial charge in [0.2, 0.25) is 0 Å². The second-order valence-corrected chi connectivity index (χ2v) is 7.19. The third kappa shape index (κ3) is 2.78. The van der Waals surface area contributed by atoms with Crippen LogP contribution in [0.4, 0.5) is 8.78 Å². The van der Waals surface area contributed by atoms with Crippen molar-refractivity contribution >= 4 is 16.8 Å². The third-order valence-electron chi connectivity index (χ3n) is 5.47. The molecule has 1 aromatic heterocycles. The molecule has 2 heterocycles. The van der Waals surface area contributed by atoms with Crippen molar-refractivity contribution in [3.63, 3.8) is 0 Å². The summed E-state index contributed by atoms with van der Waals surface area (Å²) in [5.74, 6) is -3.31. The van der Waals surface area contributed by atoms with Crippen LogP contribution in [-0.4, -0.2) is 34.7 Å². The lowest BCUT2D eigenvalue weighted by molar-refractivity contribution is -0.0921. The van der Waals surface area contributed by atoms with Crippen molar-refractivity contribution in [2.24, 2.45) is 5.73 Å². The fraction of sp³-hybridized carbons (Fsp3) is 0.300. The Kier molecular flexibility index (Phi) is 3.99. The number of nitrogens with two attached hydrogens (primary N) is 1. The molecular weight excluding hydrogens is 350 g/mol. The first-order chi connectivity index (χ1) is 12.8. The number of carbonyl (C=O) groups is 1. The van der Waals surface area contributed by atoms with E-state index in [1.54, 1.807) is 54.2 Å². The highest BCUT2D eigenvalue weighted by atomic mass is 19.3. The average Bonchev–Trinajstić information content (AvgIpc) is 3.08. The number of benzene rings is 2. The molecule has 0 radical (unpaired) electrons. The lowest BCUT2D eigenvalue weighted by Gasteiger charge is -2.42. The molecule has 1 aliphatic rings. The van der Waals surface area contributed by atoms with Gasteiger partial charge in [-0.2, -0.15) is 5.10 Å². The predicted molar refractivity (Wildman–Crippen MR) is 99.4 cm³/mol. The molecule has 0 bridgehead atoms. The maximum Gasteiger partial charge on any atom is 0.259 e. The van der Waals surface area contributed by atoms with Gasteiger partial charge in [-0.15, -0.1) is 0 Å². The first-order valence-electron chi connectivity index (χ1n) is 8.79. The first kappa shape index (κ1) is 17.6. The third-order valence-corrected chi connectivity index (χ3v) is 5.47. The van der Waals surface area contributed by atoms with Gasteiger partial charge >= 0.3 is 0 Å². The smallest absolute Gasteiger partial charge is 0.259 e. The number of rotatable bonds is 3. The Morgan fingerprint density at radius 1 is 1.22 bits per heavy atom. The second-order valence-electron chi connectivity index (χ2n) is 7.19. The van der Waals surface area contributed by atoms with Crippen LogP contribution in [0.25, 0.3) is 16.6 Å². The van der Waals surface area contributed by atoms with Gasteiger partial charge in [-0.3, -0.25) is 4.79 Å². The molecule has 140 valence electrons. The summed E-state index contributed by atoms with van der Waals surface area (Å²) < 4.78 is 30.7. The standard InChI is InChI=1S/C20H20F2N4O/c1-19(12-24-10-9-20(19,21)22)14-5-7-15(8-6-14)26-11-13-3-2-4-16(18(23)27)17(13)25-26/h2-8,11,24H,9-10,12H2,1H3,(H2,23,27).